The minimum atomic E-state index is -0.521. The van der Waals surface area contributed by atoms with Gasteiger partial charge in [0.05, 0.1) is 18.4 Å². The lowest BCUT2D eigenvalue weighted by Gasteiger charge is -2.35. The van der Waals surface area contributed by atoms with Gasteiger partial charge in [-0.15, -0.1) is 0 Å². The molecule has 1 atom stereocenters. The molecule has 1 aliphatic heterocycles. The number of methoxy groups -OCH3 is 1. The van der Waals surface area contributed by atoms with Crippen molar-refractivity contribution in [1.29, 1.82) is 0 Å². The largest absolute Gasteiger partial charge is 0.465 e. The molecule has 1 fully saturated rings. The fourth-order valence-electron chi connectivity index (χ4n) is 3.26. The Morgan fingerprint density at radius 2 is 1.89 bits per heavy atom. The van der Waals surface area contributed by atoms with E-state index in [1.165, 1.54) is 7.11 Å². The number of piperidine rings is 1. The molecule has 2 aromatic rings. The number of carbonyl (C=O) groups is 2. The van der Waals surface area contributed by atoms with Crippen LogP contribution >= 0.6 is 0 Å². The second-order valence-corrected chi connectivity index (χ2v) is 7.82. The Morgan fingerprint density at radius 1 is 1.18 bits per heavy atom. The molecular formula is C20H26N4O4. The molecule has 2 heterocycles. The van der Waals surface area contributed by atoms with Crippen LogP contribution in [-0.4, -0.2) is 58.8 Å². The zero-order valence-electron chi connectivity index (χ0n) is 16.7. The van der Waals surface area contributed by atoms with Crippen LogP contribution in [0, 0.1) is 0 Å². The standard InChI is InChI=1S/C20H26N4O4/c1-20(2,3)28-19(26)24-11-5-6-13(12-24)23-15-8-7-14(18(25)27-4)16-17(15)22-10-9-21-16/h7-10,13,23H,5-6,11-12H2,1-4H3. The normalized spacial score (nSPS) is 17.3. The zero-order chi connectivity index (χ0) is 20.3. The summed E-state index contributed by atoms with van der Waals surface area (Å²) in [6.07, 6.45) is 4.62. The van der Waals surface area contributed by atoms with E-state index in [1.807, 2.05) is 20.8 Å². The van der Waals surface area contributed by atoms with Crippen LogP contribution in [0.15, 0.2) is 24.5 Å². The Bertz CT molecular complexity index is 878. The van der Waals surface area contributed by atoms with Crippen molar-refractivity contribution in [3.05, 3.63) is 30.1 Å². The Kier molecular flexibility index (Phi) is 5.67. The number of fused-ring (bicyclic) bond motifs is 1. The van der Waals surface area contributed by atoms with Crippen molar-refractivity contribution < 1.29 is 19.1 Å². The number of ether oxygens (including phenoxy) is 2. The molecule has 0 radical (unpaired) electrons. The lowest BCUT2D eigenvalue weighted by atomic mass is 10.0. The molecule has 1 aromatic carbocycles. The van der Waals surface area contributed by atoms with E-state index in [2.05, 4.69) is 15.3 Å². The third-order valence-corrected chi connectivity index (χ3v) is 4.46. The summed E-state index contributed by atoms with van der Waals surface area (Å²) in [5.74, 6) is -0.453. The lowest BCUT2D eigenvalue weighted by Crippen LogP contribution is -2.47. The maximum atomic E-state index is 12.4. The van der Waals surface area contributed by atoms with E-state index in [0.717, 1.165) is 18.5 Å². The van der Waals surface area contributed by atoms with Crippen LogP contribution in [-0.2, 0) is 9.47 Å². The van der Waals surface area contributed by atoms with Gasteiger partial charge in [0.15, 0.2) is 0 Å². The fourth-order valence-corrected chi connectivity index (χ4v) is 3.26. The third-order valence-electron chi connectivity index (χ3n) is 4.46. The fraction of sp³-hybridized carbons (Fsp3) is 0.500. The van der Waals surface area contributed by atoms with Crippen LogP contribution in [0.25, 0.3) is 11.0 Å². The predicted octanol–water partition coefficient (Wildman–Crippen LogP) is 3.23. The average Bonchev–Trinajstić information content (AvgIpc) is 2.66. The highest BCUT2D eigenvalue weighted by atomic mass is 16.6. The Balaban J connectivity index is 1.79. The summed E-state index contributed by atoms with van der Waals surface area (Å²) >= 11 is 0. The highest BCUT2D eigenvalue weighted by Gasteiger charge is 2.28. The van der Waals surface area contributed by atoms with Gasteiger partial charge in [-0.2, -0.15) is 0 Å². The third kappa shape index (κ3) is 4.49. The van der Waals surface area contributed by atoms with E-state index in [4.69, 9.17) is 9.47 Å². The summed E-state index contributed by atoms with van der Waals surface area (Å²) in [4.78, 5) is 34.8. The molecule has 0 spiro atoms. The molecular weight excluding hydrogens is 360 g/mol. The molecule has 1 amide bonds. The van der Waals surface area contributed by atoms with Gasteiger partial charge in [-0.1, -0.05) is 0 Å². The van der Waals surface area contributed by atoms with Crippen LogP contribution in [0.5, 0.6) is 0 Å². The van der Waals surface area contributed by atoms with Gasteiger partial charge in [-0.25, -0.2) is 9.59 Å². The van der Waals surface area contributed by atoms with Crippen molar-refractivity contribution in [1.82, 2.24) is 14.9 Å². The van der Waals surface area contributed by atoms with Gasteiger partial charge in [0.2, 0.25) is 0 Å². The summed E-state index contributed by atoms with van der Waals surface area (Å²) in [6.45, 7) is 6.79. The van der Waals surface area contributed by atoms with Crippen LogP contribution < -0.4 is 5.32 Å². The summed E-state index contributed by atoms with van der Waals surface area (Å²) in [7, 11) is 1.34. The Labute approximate surface area is 164 Å². The molecule has 0 bridgehead atoms. The van der Waals surface area contributed by atoms with Crippen LogP contribution in [0.4, 0.5) is 10.5 Å². The number of rotatable bonds is 3. The minimum absolute atomic E-state index is 0.0513. The number of nitrogens with one attached hydrogen (secondary N) is 1. The zero-order valence-corrected chi connectivity index (χ0v) is 16.7. The molecule has 1 aromatic heterocycles. The number of likely N-dealkylation sites (tertiary alicyclic amines) is 1. The van der Waals surface area contributed by atoms with Crippen molar-refractivity contribution in [2.24, 2.45) is 0 Å². The van der Waals surface area contributed by atoms with Gasteiger partial charge in [0.25, 0.3) is 0 Å². The van der Waals surface area contributed by atoms with Gasteiger partial charge < -0.3 is 19.7 Å². The first kappa shape index (κ1) is 19.9. The van der Waals surface area contributed by atoms with E-state index in [0.29, 0.717) is 29.7 Å². The minimum Gasteiger partial charge on any atom is -0.465 e. The molecule has 8 nitrogen and oxygen atoms in total. The second kappa shape index (κ2) is 8.00. The van der Waals surface area contributed by atoms with Crippen molar-refractivity contribution in [2.45, 2.75) is 45.3 Å². The van der Waals surface area contributed by atoms with E-state index < -0.39 is 11.6 Å². The van der Waals surface area contributed by atoms with Crippen LogP contribution in [0.2, 0.25) is 0 Å². The van der Waals surface area contributed by atoms with Crippen molar-refractivity contribution in [3.63, 3.8) is 0 Å². The quantitative estimate of drug-likeness (QED) is 0.810. The van der Waals surface area contributed by atoms with Gasteiger partial charge in [-0.3, -0.25) is 9.97 Å². The SMILES string of the molecule is COC(=O)c1ccc(NC2CCCN(C(=O)OC(C)(C)C)C2)c2nccnc12. The second-order valence-electron chi connectivity index (χ2n) is 7.82. The summed E-state index contributed by atoms with van der Waals surface area (Å²) < 4.78 is 10.3. The smallest absolute Gasteiger partial charge is 0.410 e. The first-order valence-corrected chi connectivity index (χ1v) is 9.35. The molecule has 1 aliphatic rings. The summed E-state index contributed by atoms with van der Waals surface area (Å²) in [5, 5.41) is 3.45. The topological polar surface area (TPSA) is 93.7 Å². The number of amides is 1. The van der Waals surface area contributed by atoms with Gasteiger partial charge in [0.1, 0.15) is 16.6 Å². The number of anilines is 1. The molecule has 1 unspecified atom stereocenters. The maximum Gasteiger partial charge on any atom is 0.410 e. The monoisotopic (exact) mass is 386 g/mol. The molecule has 150 valence electrons. The van der Waals surface area contributed by atoms with E-state index >= 15 is 0 Å². The van der Waals surface area contributed by atoms with Crippen molar-refractivity contribution >= 4 is 28.8 Å². The number of esters is 1. The Morgan fingerprint density at radius 3 is 2.57 bits per heavy atom. The first-order valence-electron chi connectivity index (χ1n) is 9.35. The lowest BCUT2D eigenvalue weighted by molar-refractivity contribution is 0.0206. The molecule has 8 heteroatoms. The highest BCUT2D eigenvalue weighted by molar-refractivity contribution is 6.05. The highest BCUT2D eigenvalue weighted by Crippen LogP contribution is 2.26. The average molecular weight is 386 g/mol. The first-order chi connectivity index (χ1) is 13.3. The van der Waals surface area contributed by atoms with E-state index in [-0.39, 0.29) is 12.1 Å². The number of hydrogen-bond donors (Lipinski definition) is 1. The van der Waals surface area contributed by atoms with Gasteiger partial charge in [-0.05, 0) is 45.7 Å². The Hall–Kier alpha value is -2.90. The summed E-state index contributed by atoms with van der Waals surface area (Å²) in [5.41, 5.74) is 1.70. The number of nitrogens with zero attached hydrogens (tertiary/aromatic N) is 3. The summed E-state index contributed by atoms with van der Waals surface area (Å²) in [6, 6.07) is 3.53. The molecule has 0 aliphatic carbocycles. The molecule has 1 N–H and O–H groups in total. The number of carbonyl (C=O) groups excluding carboxylic acids is 2. The predicted molar refractivity (Wildman–Crippen MR) is 105 cm³/mol. The van der Waals surface area contributed by atoms with Crippen molar-refractivity contribution in [2.75, 3.05) is 25.5 Å². The number of benzene rings is 1. The van der Waals surface area contributed by atoms with E-state index in [1.54, 1.807) is 29.4 Å². The molecule has 28 heavy (non-hydrogen) atoms. The maximum absolute atomic E-state index is 12.4. The van der Waals surface area contributed by atoms with Gasteiger partial charge >= 0.3 is 12.1 Å². The van der Waals surface area contributed by atoms with E-state index in [9.17, 15) is 9.59 Å². The van der Waals surface area contributed by atoms with Crippen molar-refractivity contribution in [3.8, 4) is 0 Å². The number of aromatic nitrogens is 2. The molecule has 3 rings (SSSR count). The molecule has 1 saturated heterocycles. The van der Waals surface area contributed by atoms with Crippen LogP contribution in [0.1, 0.15) is 44.0 Å². The molecule has 0 saturated carbocycles. The van der Waals surface area contributed by atoms with Crippen LogP contribution in [0.3, 0.4) is 0 Å². The number of hydrogen-bond acceptors (Lipinski definition) is 7. The van der Waals surface area contributed by atoms with Gasteiger partial charge in [0, 0.05) is 31.5 Å².